The molecule has 1 fully saturated rings. The van der Waals surface area contributed by atoms with Crippen LogP contribution in [0, 0.1) is 5.92 Å². The third-order valence-corrected chi connectivity index (χ3v) is 5.29. The molecule has 2 amide bonds. The molecule has 0 radical (unpaired) electrons. The van der Waals surface area contributed by atoms with Gasteiger partial charge in [0.1, 0.15) is 11.5 Å². The van der Waals surface area contributed by atoms with Gasteiger partial charge in [-0.1, -0.05) is 0 Å². The van der Waals surface area contributed by atoms with Crippen LogP contribution in [0.1, 0.15) is 41.8 Å². The molecule has 1 aromatic heterocycles. The molecule has 2 aromatic rings. The number of nitrogens with one attached hydrogen (secondary N) is 1. The molecule has 1 saturated heterocycles. The number of methoxy groups -OCH3 is 2. The first-order valence-electron chi connectivity index (χ1n) is 9.91. The van der Waals surface area contributed by atoms with Crippen LogP contribution in [-0.2, 0) is 11.3 Å². The van der Waals surface area contributed by atoms with Gasteiger partial charge < -0.3 is 24.1 Å². The van der Waals surface area contributed by atoms with Crippen molar-refractivity contribution in [3.05, 3.63) is 47.9 Å². The van der Waals surface area contributed by atoms with Crippen LogP contribution in [0.3, 0.4) is 0 Å². The first-order chi connectivity index (χ1) is 14.1. The first kappa shape index (κ1) is 20.8. The number of rotatable bonds is 8. The number of hydrogen-bond acceptors (Lipinski definition) is 5. The maximum absolute atomic E-state index is 12.4. The third kappa shape index (κ3) is 5.53. The minimum atomic E-state index is -0.0734. The molecule has 29 heavy (non-hydrogen) atoms. The zero-order valence-corrected chi connectivity index (χ0v) is 17.0. The molecule has 1 aliphatic rings. The van der Waals surface area contributed by atoms with Gasteiger partial charge in [0.25, 0.3) is 5.91 Å². The monoisotopic (exact) mass is 400 g/mol. The summed E-state index contributed by atoms with van der Waals surface area (Å²) in [5.41, 5.74) is 0.898. The lowest BCUT2D eigenvalue weighted by atomic mass is 9.93. The first-order valence-corrected chi connectivity index (χ1v) is 9.91. The van der Waals surface area contributed by atoms with Crippen molar-refractivity contribution < 1.29 is 23.5 Å². The van der Waals surface area contributed by atoms with Crippen molar-refractivity contribution in [3.63, 3.8) is 0 Å². The van der Waals surface area contributed by atoms with Gasteiger partial charge in [-0.25, -0.2) is 0 Å². The van der Waals surface area contributed by atoms with Crippen molar-refractivity contribution >= 4 is 11.8 Å². The summed E-state index contributed by atoms with van der Waals surface area (Å²) in [6.45, 7) is 1.80. The molecule has 1 aliphatic heterocycles. The van der Waals surface area contributed by atoms with Crippen molar-refractivity contribution in [2.75, 3.05) is 27.3 Å². The van der Waals surface area contributed by atoms with Crippen LogP contribution < -0.4 is 14.8 Å². The molecule has 7 nitrogen and oxygen atoms in total. The van der Waals surface area contributed by atoms with Gasteiger partial charge in [0.2, 0.25) is 5.91 Å². The highest BCUT2D eigenvalue weighted by Crippen LogP contribution is 2.25. The summed E-state index contributed by atoms with van der Waals surface area (Å²) in [6.07, 6.45) is 4.68. The Morgan fingerprint density at radius 1 is 1.24 bits per heavy atom. The fraction of sp³-hybridized carbons (Fsp3) is 0.455. The lowest BCUT2D eigenvalue weighted by Crippen LogP contribution is -2.40. The van der Waals surface area contributed by atoms with E-state index in [2.05, 4.69) is 5.32 Å². The van der Waals surface area contributed by atoms with Crippen LogP contribution in [0.25, 0.3) is 0 Å². The predicted octanol–water partition coefficient (Wildman–Crippen LogP) is 3.25. The van der Waals surface area contributed by atoms with Gasteiger partial charge in [-0.3, -0.25) is 9.59 Å². The van der Waals surface area contributed by atoms with E-state index in [1.54, 1.807) is 32.4 Å². The average molecular weight is 400 g/mol. The molecule has 1 unspecified atom stereocenters. The molecule has 1 N–H and O–H groups in total. The second-order valence-corrected chi connectivity index (χ2v) is 7.23. The van der Waals surface area contributed by atoms with Gasteiger partial charge in [0.15, 0.2) is 5.76 Å². The zero-order valence-electron chi connectivity index (χ0n) is 17.0. The van der Waals surface area contributed by atoms with Crippen molar-refractivity contribution in [2.45, 2.75) is 32.2 Å². The Balaban J connectivity index is 1.45. The molecule has 2 heterocycles. The number of benzene rings is 1. The van der Waals surface area contributed by atoms with Crippen molar-refractivity contribution in [1.82, 2.24) is 10.2 Å². The Kier molecular flexibility index (Phi) is 7.16. The van der Waals surface area contributed by atoms with Crippen LogP contribution in [0.4, 0.5) is 0 Å². The standard InChI is InChI=1S/C22H28N2O5/c1-27-18-9-8-17(20(13-18)28-2)14-23-21(25)10-7-16-5-3-11-24(15-16)22(26)19-6-4-12-29-19/h4,6,8-9,12-13,16H,3,5,7,10-11,14-15H2,1-2H3,(H,23,25). The Morgan fingerprint density at radius 2 is 2.10 bits per heavy atom. The number of likely N-dealkylation sites (tertiary alicyclic amines) is 1. The van der Waals surface area contributed by atoms with E-state index in [0.717, 1.165) is 31.4 Å². The number of furan rings is 1. The summed E-state index contributed by atoms with van der Waals surface area (Å²) in [5.74, 6) is 2.01. The minimum Gasteiger partial charge on any atom is -0.497 e. The zero-order chi connectivity index (χ0) is 20.6. The van der Waals surface area contributed by atoms with Crippen LogP contribution in [0.15, 0.2) is 41.0 Å². The van der Waals surface area contributed by atoms with Gasteiger partial charge in [0, 0.05) is 37.7 Å². The fourth-order valence-electron chi connectivity index (χ4n) is 3.66. The molecule has 0 saturated carbocycles. The van der Waals surface area contributed by atoms with E-state index in [9.17, 15) is 9.59 Å². The lowest BCUT2D eigenvalue weighted by molar-refractivity contribution is -0.121. The number of carbonyl (C=O) groups is 2. The molecule has 1 aromatic carbocycles. The number of nitrogens with zero attached hydrogens (tertiary/aromatic N) is 1. The highest BCUT2D eigenvalue weighted by Gasteiger charge is 2.26. The summed E-state index contributed by atoms with van der Waals surface area (Å²) in [4.78, 5) is 26.6. The third-order valence-electron chi connectivity index (χ3n) is 5.29. The molecule has 1 atom stereocenters. The van der Waals surface area contributed by atoms with Gasteiger partial charge >= 0.3 is 0 Å². The fourth-order valence-corrected chi connectivity index (χ4v) is 3.66. The smallest absolute Gasteiger partial charge is 0.289 e. The van der Waals surface area contributed by atoms with Crippen LogP contribution in [-0.4, -0.2) is 44.0 Å². The minimum absolute atomic E-state index is 0.00245. The van der Waals surface area contributed by atoms with E-state index in [4.69, 9.17) is 13.9 Å². The molecule has 3 rings (SSSR count). The Bertz CT molecular complexity index is 819. The number of carbonyl (C=O) groups excluding carboxylic acids is 2. The SMILES string of the molecule is COc1ccc(CNC(=O)CCC2CCCN(C(=O)c3ccco3)C2)c(OC)c1. The number of hydrogen-bond donors (Lipinski definition) is 1. The summed E-state index contributed by atoms with van der Waals surface area (Å²) in [5, 5.41) is 2.95. The predicted molar refractivity (Wildman–Crippen MR) is 108 cm³/mol. The van der Waals surface area contributed by atoms with Crippen LogP contribution in [0.2, 0.25) is 0 Å². The maximum Gasteiger partial charge on any atom is 0.289 e. The Labute approximate surface area is 171 Å². The molecule has 0 bridgehead atoms. The molecule has 7 heteroatoms. The maximum atomic E-state index is 12.4. The molecule has 156 valence electrons. The molecule has 0 aliphatic carbocycles. The molecular weight excluding hydrogens is 372 g/mol. The average Bonchev–Trinajstić information content (AvgIpc) is 3.30. The van der Waals surface area contributed by atoms with Gasteiger partial charge in [0.05, 0.1) is 20.5 Å². The van der Waals surface area contributed by atoms with E-state index in [0.29, 0.717) is 42.7 Å². The Morgan fingerprint density at radius 3 is 2.83 bits per heavy atom. The Hall–Kier alpha value is -2.96. The number of ether oxygens (including phenoxy) is 2. The molecular formula is C22H28N2O5. The van der Waals surface area contributed by atoms with E-state index in [-0.39, 0.29) is 11.8 Å². The van der Waals surface area contributed by atoms with Gasteiger partial charge in [-0.2, -0.15) is 0 Å². The summed E-state index contributed by atoms with van der Waals surface area (Å²) in [7, 11) is 3.20. The van der Waals surface area contributed by atoms with E-state index in [1.807, 2.05) is 17.0 Å². The van der Waals surface area contributed by atoms with Gasteiger partial charge in [-0.05, 0) is 49.4 Å². The van der Waals surface area contributed by atoms with Crippen LogP contribution >= 0.6 is 0 Å². The molecule has 0 spiro atoms. The highest BCUT2D eigenvalue weighted by molar-refractivity contribution is 5.91. The van der Waals surface area contributed by atoms with Crippen molar-refractivity contribution in [1.29, 1.82) is 0 Å². The summed E-state index contributed by atoms with van der Waals surface area (Å²) >= 11 is 0. The highest BCUT2D eigenvalue weighted by atomic mass is 16.5. The summed E-state index contributed by atoms with van der Waals surface area (Å²) < 4.78 is 15.8. The van der Waals surface area contributed by atoms with Crippen LogP contribution in [0.5, 0.6) is 11.5 Å². The quantitative estimate of drug-likeness (QED) is 0.736. The number of amides is 2. The number of piperidine rings is 1. The second-order valence-electron chi connectivity index (χ2n) is 7.23. The second kappa shape index (κ2) is 10.0. The van der Waals surface area contributed by atoms with Crippen molar-refractivity contribution in [2.24, 2.45) is 5.92 Å². The van der Waals surface area contributed by atoms with Gasteiger partial charge in [-0.15, -0.1) is 0 Å². The normalized spacial score (nSPS) is 16.3. The summed E-state index contributed by atoms with van der Waals surface area (Å²) in [6, 6.07) is 8.94. The largest absolute Gasteiger partial charge is 0.497 e. The lowest BCUT2D eigenvalue weighted by Gasteiger charge is -2.32. The topological polar surface area (TPSA) is 81.0 Å². The van der Waals surface area contributed by atoms with E-state index < -0.39 is 0 Å². The van der Waals surface area contributed by atoms with E-state index in [1.165, 1.54) is 6.26 Å². The van der Waals surface area contributed by atoms with Crippen molar-refractivity contribution in [3.8, 4) is 11.5 Å². The van der Waals surface area contributed by atoms with E-state index >= 15 is 0 Å².